The molecule has 1 rings (SSSR count). The number of hydrogen-bond donors (Lipinski definition) is 2. The summed E-state index contributed by atoms with van der Waals surface area (Å²) in [5.41, 5.74) is 1.13. The molecular weight excluding hydrogens is 220 g/mol. The smallest absolute Gasteiger partial charge is 0.0898 e. The van der Waals surface area contributed by atoms with E-state index in [1.807, 2.05) is 6.92 Å². The molecule has 0 aromatic carbocycles. The molecule has 1 aromatic heterocycles. The molecule has 2 unspecified atom stereocenters. The summed E-state index contributed by atoms with van der Waals surface area (Å²) in [5.74, 6) is 0.562. The van der Waals surface area contributed by atoms with E-state index in [0.717, 1.165) is 30.1 Å². The van der Waals surface area contributed by atoms with Crippen molar-refractivity contribution in [2.24, 2.45) is 5.92 Å². The van der Waals surface area contributed by atoms with E-state index in [-0.39, 0.29) is 6.61 Å². The highest BCUT2D eigenvalue weighted by Crippen LogP contribution is 2.16. The van der Waals surface area contributed by atoms with Gasteiger partial charge >= 0.3 is 0 Å². The van der Waals surface area contributed by atoms with Crippen molar-refractivity contribution in [3.63, 3.8) is 0 Å². The Kier molecular flexibility index (Phi) is 5.95. The molecule has 2 atom stereocenters. The lowest BCUT2D eigenvalue weighted by Crippen LogP contribution is -2.26. The molecule has 1 heterocycles. The molecule has 0 radical (unpaired) electrons. The lowest BCUT2D eigenvalue weighted by atomic mass is 10.0. The molecule has 1 aromatic rings. The van der Waals surface area contributed by atoms with E-state index < -0.39 is 0 Å². The number of rotatable bonds is 7. The van der Waals surface area contributed by atoms with Crippen LogP contribution in [0.15, 0.2) is 5.38 Å². The second kappa shape index (κ2) is 6.99. The molecule has 0 fully saturated rings. The number of hydrogen-bond acceptors (Lipinski definition) is 4. The standard InChI is InChI=1S/C12H22N2OS/c1-4-11(5-6-15)7-13-9(2)12-8-16-10(3)14-12/h8-9,11,13,15H,4-7H2,1-3H3. The molecule has 0 aliphatic heterocycles. The Hall–Kier alpha value is -0.450. The van der Waals surface area contributed by atoms with Gasteiger partial charge in [-0.05, 0) is 32.7 Å². The molecule has 0 amide bonds. The molecule has 16 heavy (non-hydrogen) atoms. The van der Waals surface area contributed by atoms with Crippen molar-refractivity contribution in [1.29, 1.82) is 0 Å². The van der Waals surface area contributed by atoms with Gasteiger partial charge in [0.2, 0.25) is 0 Å². The number of aromatic nitrogens is 1. The number of nitrogens with zero attached hydrogens (tertiary/aromatic N) is 1. The number of aliphatic hydroxyl groups excluding tert-OH is 1. The normalized spacial score (nSPS) is 15.0. The number of thiazole rings is 1. The molecule has 3 nitrogen and oxygen atoms in total. The van der Waals surface area contributed by atoms with Crippen molar-refractivity contribution in [2.75, 3.05) is 13.2 Å². The Morgan fingerprint density at radius 1 is 1.56 bits per heavy atom. The molecular formula is C12H22N2OS. The summed E-state index contributed by atoms with van der Waals surface area (Å²) in [6, 6.07) is 0.303. The van der Waals surface area contributed by atoms with Crippen LogP contribution < -0.4 is 5.32 Å². The van der Waals surface area contributed by atoms with Gasteiger partial charge in [0.1, 0.15) is 0 Å². The van der Waals surface area contributed by atoms with Gasteiger partial charge < -0.3 is 10.4 Å². The first-order chi connectivity index (χ1) is 7.67. The van der Waals surface area contributed by atoms with Crippen LogP contribution in [-0.4, -0.2) is 23.2 Å². The molecule has 2 N–H and O–H groups in total. The minimum atomic E-state index is 0.282. The molecule has 0 bridgehead atoms. The maximum absolute atomic E-state index is 8.91. The topological polar surface area (TPSA) is 45.1 Å². The molecule has 92 valence electrons. The van der Waals surface area contributed by atoms with Crippen LogP contribution in [0.4, 0.5) is 0 Å². The zero-order chi connectivity index (χ0) is 12.0. The quantitative estimate of drug-likeness (QED) is 0.772. The zero-order valence-corrected chi connectivity index (χ0v) is 11.2. The van der Waals surface area contributed by atoms with Crippen molar-refractivity contribution in [3.8, 4) is 0 Å². The van der Waals surface area contributed by atoms with E-state index in [4.69, 9.17) is 5.11 Å². The summed E-state index contributed by atoms with van der Waals surface area (Å²) in [5, 5.41) is 15.6. The lowest BCUT2D eigenvalue weighted by Gasteiger charge is -2.17. The van der Waals surface area contributed by atoms with Gasteiger partial charge in [-0.2, -0.15) is 0 Å². The third kappa shape index (κ3) is 4.20. The van der Waals surface area contributed by atoms with E-state index in [1.165, 1.54) is 0 Å². The molecule has 0 saturated heterocycles. The van der Waals surface area contributed by atoms with Crippen LogP contribution in [0.3, 0.4) is 0 Å². The Balaban J connectivity index is 2.36. The average Bonchev–Trinajstić information content (AvgIpc) is 2.70. The summed E-state index contributed by atoms with van der Waals surface area (Å²) in [6.45, 7) is 7.57. The summed E-state index contributed by atoms with van der Waals surface area (Å²) in [6.07, 6.45) is 1.99. The SMILES string of the molecule is CCC(CCO)CNC(C)c1csc(C)n1. The fourth-order valence-electron chi connectivity index (χ4n) is 1.66. The van der Waals surface area contributed by atoms with Crippen LogP contribution in [0, 0.1) is 12.8 Å². The van der Waals surface area contributed by atoms with E-state index in [9.17, 15) is 0 Å². The van der Waals surface area contributed by atoms with Crippen LogP contribution in [0.2, 0.25) is 0 Å². The van der Waals surface area contributed by atoms with E-state index in [2.05, 4.69) is 29.5 Å². The molecule has 0 spiro atoms. The number of aryl methyl sites for hydroxylation is 1. The molecule has 0 aliphatic rings. The maximum Gasteiger partial charge on any atom is 0.0898 e. The van der Waals surface area contributed by atoms with Crippen molar-refractivity contribution < 1.29 is 5.11 Å². The Morgan fingerprint density at radius 3 is 2.81 bits per heavy atom. The van der Waals surface area contributed by atoms with Gasteiger partial charge in [0, 0.05) is 18.0 Å². The largest absolute Gasteiger partial charge is 0.396 e. The predicted octanol–water partition coefficient (Wildman–Crippen LogP) is 2.51. The minimum Gasteiger partial charge on any atom is -0.396 e. The van der Waals surface area contributed by atoms with Gasteiger partial charge in [-0.1, -0.05) is 13.3 Å². The first-order valence-corrected chi connectivity index (χ1v) is 6.81. The Bertz CT molecular complexity index is 301. The summed E-state index contributed by atoms with van der Waals surface area (Å²) < 4.78 is 0. The van der Waals surface area contributed by atoms with Crippen LogP contribution in [0.1, 0.15) is 43.4 Å². The third-order valence-corrected chi connectivity index (χ3v) is 3.70. The second-order valence-corrected chi connectivity index (χ2v) is 5.27. The van der Waals surface area contributed by atoms with Gasteiger partial charge in [-0.25, -0.2) is 4.98 Å². The van der Waals surface area contributed by atoms with E-state index in [0.29, 0.717) is 12.0 Å². The molecule has 0 saturated carbocycles. The maximum atomic E-state index is 8.91. The van der Waals surface area contributed by atoms with Crippen molar-refractivity contribution >= 4 is 11.3 Å². The summed E-state index contributed by atoms with van der Waals surface area (Å²) in [7, 11) is 0. The fraction of sp³-hybridized carbons (Fsp3) is 0.750. The highest BCUT2D eigenvalue weighted by Gasteiger charge is 2.11. The highest BCUT2D eigenvalue weighted by molar-refractivity contribution is 7.09. The van der Waals surface area contributed by atoms with E-state index >= 15 is 0 Å². The zero-order valence-electron chi connectivity index (χ0n) is 10.4. The van der Waals surface area contributed by atoms with Gasteiger partial charge in [0.25, 0.3) is 0 Å². The van der Waals surface area contributed by atoms with Gasteiger partial charge in [-0.3, -0.25) is 0 Å². The number of aliphatic hydroxyl groups is 1. The van der Waals surface area contributed by atoms with Crippen molar-refractivity contribution in [2.45, 2.75) is 39.7 Å². The van der Waals surface area contributed by atoms with E-state index in [1.54, 1.807) is 11.3 Å². The number of nitrogens with one attached hydrogen (secondary N) is 1. The summed E-state index contributed by atoms with van der Waals surface area (Å²) >= 11 is 1.69. The summed E-state index contributed by atoms with van der Waals surface area (Å²) in [4.78, 5) is 4.47. The van der Waals surface area contributed by atoms with Crippen LogP contribution in [-0.2, 0) is 0 Å². The average molecular weight is 242 g/mol. The molecule has 0 aliphatic carbocycles. The monoisotopic (exact) mass is 242 g/mol. The Morgan fingerprint density at radius 2 is 2.31 bits per heavy atom. The molecule has 4 heteroatoms. The van der Waals surface area contributed by atoms with Crippen LogP contribution in [0.5, 0.6) is 0 Å². The lowest BCUT2D eigenvalue weighted by molar-refractivity contribution is 0.249. The van der Waals surface area contributed by atoms with Gasteiger partial charge in [0.15, 0.2) is 0 Å². The van der Waals surface area contributed by atoms with Gasteiger partial charge in [0.05, 0.1) is 10.7 Å². The van der Waals surface area contributed by atoms with Crippen molar-refractivity contribution in [3.05, 3.63) is 16.1 Å². The Labute approximate surface area is 102 Å². The third-order valence-electron chi connectivity index (χ3n) is 2.91. The second-order valence-electron chi connectivity index (χ2n) is 4.21. The first kappa shape index (κ1) is 13.6. The fourth-order valence-corrected chi connectivity index (χ4v) is 2.37. The minimum absolute atomic E-state index is 0.282. The first-order valence-electron chi connectivity index (χ1n) is 5.93. The predicted molar refractivity (Wildman–Crippen MR) is 68.8 cm³/mol. The van der Waals surface area contributed by atoms with Gasteiger partial charge in [-0.15, -0.1) is 11.3 Å². The van der Waals surface area contributed by atoms with Crippen LogP contribution >= 0.6 is 11.3 Å². The van der Waals surface area contributed by atoms with Crippen LogP contribution in [0.25, 0.3) is 0 Å². The van der Waals surface area contributed by atoms with Crippen molar-refractivity contribution in [1.82, 2.24) is 10.3 Å². The highest BCUT2D eigenvalue weighted by atomic mass is 32.1.